The molecule has 116 valence electrons. The zero-order valence-electron chi connectivity index (χ0n) is 12.6. The van der Waals surface area contributed by atoms with Gasteiger partial charge in [-0.15, -0.1) is 0 Å². The summed E-state index contributed by atoms with van der Waals surface area (Å²) in [7, 11) is 0. The highest BCUT2D eigenvalue weighted by Crippen LogP contribution is 2.22. The van der Waals surface area contributed by atoms with Gasteiger partial charge in [0.2, 0.25) is 5.91 Å². The van der Waals surface area contributed by atoms with Gasteiger partial charge in [-0.1, -0.05) is 20.8 Å². The van der Waals surface area contributed by atoms with Crippen LogP contribution in [-0.4, -0.2) is 36.6 Å². The molecule has 1 aromatic heterocycles. The van der Waals surface area contributed by atoms with E-state index >= 15 is 0 Å². The molecule has 21 heavy (non-hydrogen) atoms. The van der Waals surface area contributed by atoms with Gasteiger partial charge in [0.05, 0.1) is 6.61 Å². The van der Waals surface area contributed by atoms with Gasteiger partial charge in [0.25, 0.3) is 5.91 Å². The quantitative estimate of drug-likeness (QED) is 0.647. The van der Waals surface area contributed by atoms with E-state index in [-0.39, 0.29) is 31.1 Å². The minimum absolute atomic E-state index is 0.160. The van der Waals surface area contributed by atoms with Crippen LogP contribution >= 0.6 is 0 Å². The van der Waals surface area contributed by atoms with E-state index in [1.54, 1.807) is 6.07 Å². The molecule has 0 spiro atoms. The number of aromatic nitrogens is 1. The number of amides is 2. The lowest BCUT2D eigenvalue weighted by molar-refractivity contribution is -0.122. The molecule has 0 aliphatic carbocycles. The van der Waals surface area contributed by atoms with Gasteiger partial charge >= 0.3 is 0 Å². The molecule has 0 radical (unpaired) electrons. The normalized spacial score (nSPS) is 11.2. The molecule has 1 heterocycles. The summed E-state index contributed by atoms with van der Waals surface area (Å²) in [6.07, 6.45) is 0. The number of carbonyl (C=O) groups excluding carboxylic acids is 2. The highest BCUT2D eigenvalue weighted by atomic mass is 16.5. The number of nitrogens with one attached hydrogen (secondary N) is 1. The van der Waals surface area contributed by atoms with Crippen molar-refractivity contribution in [2.45, 2.75) is 26.2 Å². The lowest BCUT2D eigenvalue weighted by atomic mass is 9.90. The largest absolute Gasteiger partial charge is 0.384 e. The molecular weight excluding hydrogens is 272 g/mol. The first-order chi connectivity index (χ1) is 9.70. The van der Waals surface area contributed by atoms with Crippen molar-refractivity contribution < 1.29 is 14.3 Å². The average molecular weight is 294 g/mol. The van der Waals surface area contributed by atoms with Crippen LogP contribution in [0.15, 0.2) is 12.1 Å². The molecule has 0 unspecified atom stereocenters. The van der Waals surface area contributed by atoms with Crippen molar-refractivity contribution in [2.75, 3.05) is 25.5 Å². The van der Waals surface area contributed by atoms with Crippen molar-refractivity contribution in [1.29, 1.82) is 0 Å². The molecule has 1 rings (SSSR count). The van der Waals surface area contributed by atoms with E-state index in [4.69, 9.17) is 16.2 Å². The monoisotopic (exact) mass is 294 g/mol. The smallest absolute Gasteiger partial charge is 0.251 e. The molecule has 2 amide bonds. The number of pyridine rings is 1. The standard InChI is InChI=1S/C14H22N4O3/c1-14(2,3)10-6-9(7-11(15)18-10)13(20)17-4-5-21-8-12(16)19/h6-7H,4-5,8H2,1-3H3,(H2,15,18)(H2,16,19)(H,17,20). The summed E-state index contributed by atoms with van der Waals surface area (Å²) in [4.78, 5) is 26.7. The van der Waals surface area contributed by atoms with Crippen molar-refractivity contribution in [2.24, 2.45) is 5.73 Å². The Labute approximate surface area is 124 Å². The predicted molar refractivity (Wildman–Crippen MR) is 79.7 cm³/mol. The van der Waals surface area contributed by atoms with E-state index < -0.39 is 5.91 Å². The molecular formula is C14H22N4O3. The Bertz CT molecular complexity index is 523. The first-order valence-corrected chi connectivity index (χ1v) is 6.62. The minimum atomic E-state index is -0.543. The number of rotatable bonds is 6. The molecule has 0 atom stereocenters. The van der Waals surface area contributed by atoms with Crippen LogP contribution in [-0.2, 0) is 14.9 Å². The van der Waals surface area contributed by atoms with Crippen LogP contribution < -0.4 is 16.8 Å². The van der Waals surface area contributed by atoms with E-state index in [0.717, 1.165) is 5.69 Å². The van der Waals surface area contributed by atoms with Crippen LogP contribution in [0, 0.1) is 0 Å². The van der Waals surface area contributed by atoms with E-state index in [1.807, 2.05) is 20.8 Å². The summed E-state index contributed by atoms with van der Waals surface area (Å²) in [5.41, 5.74) is 11.7. The number of hydrogen-bond donors (Lipinski definition) is 3. The SMILES string of the molecule is CC(C)(C)c1cc(C(=O)NCCOCC(N)=O)cc(N)n1. The Morgan fingerprint density at radius 3 is 2.57 bits per heavy atom. The van der Waals surface area contributed by atoms with Gasteiger partial charge in [-0.2, -0.15) is 0 Å². The Morgan fingerprint density at radius 2 is 2.00 bits per heavy atom. The summed E-state index contributed by atoms with van der Waals surface area (Å²) in [6, 6.07) is 3.24. The average Bonchev–Trinajstić information content (AvgIpc) is 2.36. The highest BCUT2D eigenvalue weighted by molar-refractivity contribution is 5.94. The van der Waals surface area contributed by atoms with Crippen molar-refractivity contribution in [3.8, 4) is 0 Å². The van der Waals surface area contributed by atoms with Crippen LogP contribution in [0.25, 0.3) is 0 Å². The van der Waals surface area contributed by atoms with E-state index in [1.165, 1.54) is 6.07 Å². The van der Waals surface area contributed by atoms with Gasteiger partial charge in [0.1, 0.15) is 12.4 Å². The van der Waals surface area contributed by atoms with Gasteiger partial charge in [-0.3, -0.25) is 9.59 Å². The van der Waals surface area contributed by atoms with Crippen LogP contribution in [0.3, 0.4) is 0 Å². The molecule has 7 heteroatoms. The molecule has 0 saturated heterocycles. The summed E-state index contributed by atoms with van der Waals surface area (Å²) in [6.45, 7) is 6.31. The second kappa shape index (κ2) is 7.03. The maximum Gasteiger partial charge on any atom is 0.251 e. The Kier molecular flexibility index (Phi) is 5.66. The number of primary amides is 1. The third kappa shape index (κ3) is 5.78. The van der Waals surface area contributed by atoms with Crippen LogP contribution in [0.5, 0.6) is 0 Å². The first kappa shape index (κ1) is 16.9. The Balaban J connectivity index is 2.62. The topological polar surface area (TPSA) is 120 Å². The zero-order chi connectivity index (χ0) is 16.0. The minimum Gasteiger partial charge on any atom is -0.384 e. The number of ether oxygens (including phenoxy) is 1. The van der Waals surface area contributed by atoms with E-state index in [0.29, 0.717) is 11.4 Å². The zero-order valence-corrected chi connectivity index (χ0v) is 12.6. The summed E-state index contributed by atoms with van der Waals surface area (Å²) < 4.78 is 4.96. The van der Waals surface area contributed by atoms with Crippen molar-refractivity contribution in [3.63, 3.8) is 0 Å². The second-order valence-corrected chi connectivity index (χ2v) is 5.69. The Hall–Kier alpha value is -2.15. The number of carbonyl (C=O) groups is 2. The number of nitrogens with zero attached hydrogens (tertiary/aromatic N) is 1. The molecule has 0 aromatic carbocycles. The molecule has 1 aromatic rings. The number of hydrogen-bond acceptors (Lipinski definition) is 5. The number of anilines is 1. The fraction of sp³-hybridized carbons (Fsp3) is 0.500. The van der Waals surface area contributed by atoms with Crippen molar-refractivity contribution in [3.05, 3.63) is 23.4 Å². The van der Waals surface area contributed by atoms with Crippen LogP contribution in [0.1, 0.15) is 36.8 Å². The van der Waals surface area contributed by atoms with Gasteiger partial charge in [-0.25, -0.2) is 4.98 Å². The summed E-state index contributed by atoms with van der Waals surface area (Å²) >= 11 is 0. The van der Waals surface area contributed by atoms with Gasteiger partial charge in [0, 0.05) is 23.2 Å². The molecule has 0 aliphatic heterocycles. The lowest BCUT2D eigenvalue weighted by Gasteiger charge is -2.19. The third-order valence-corrected chi connectivity index (χ3v) is 2.65. The van der Waals surface area contributed by atoms with Crippen LogP contribution in [0.2, 0.25) is 0 Å². The van der Waals surface area contributed by atoms with Crippen LogP contribution in [0.4, 0.5) is 5.82 Å². The third-order valence-electron chi connectivity index (χ3n) is 2.65. The summed E-state index contributed by atoms with van der Waals surface area (Å²) in [5.74, 6) is -0.507. The van der Waals surface area contributed by atoms with Crippen molar-refractivity contribution in [1.82, 2.24) is 10.3 Å². The summed E-state index contributed by atoms with van der Waals surface area (Å²) in [5, 5.41) is 2.68. The molecule has 0 saturated carbocycles. The number of nitrogens with two attached hydrogens (primary N) is 2. The Morgan fingerprint density at radius 1 is 1.33 bits per heavy atom. The van der Waals surface area contributed by atoms with Gasteiger partial charge < -0.3 is 21.5 Å². The maximum absolute atomic E-state index is 12.0. The highest BCUT2D eigenvalue weighted by Gasteiger charge is 2.18. The number of nitrogen functional groups attached to an aromatic ring is 1. The fourth-order valence-corrected chi connectivity index (χ4v) is 1.58. The molecule has 0 bridgehead atoms. The molecule has 5 N–H and O–H groups in total. The maximum atomic E-state index is 12.0. The van der Waals surface area contributed by atoms with Crippen molar-refractivity contribution >= 4 is 17.6 Å². The predicted octanol–water partition coefficient (Wildman–Crippen LogP) is 0.193. The molecule has 7 nitrogen and oxygen atoms in total. The van der Waals surface area contributed by atoms with Gasteiger partial charge in [0.15, 0.2) is 0 Å². The molecule has 0 aliphatic rings. The van der Waals surface area contributed by atoms with Gasteiger partial charge in [-0.05, 0) is 12.1 Å². The second-order valence-electron chi connectivity index (χ2n) is 5.69. The molecule has 0 fully saturated rings. The van der Waals surface area contributed by atoms with E-state index in [2.05, 4.69) is 10.3 Å². The first-order valence-electron chi connectivity index (χ1n) is 6.62. The fourth-order valence-electron chi connectivity index (χ4n) is 1.58. The lowest BCUT2D eigenvalue weighted by Crippen LogP contribution is -2.29. The van der Waals surface area contributed by atoms with E-state index in [9.17, 15) is 9.59 Å².